The Morgan fingerprint density at radius 1 is 1.64 bits per heavy atom. The van der Waals surface area contributed by atoms with E-state index in [-0.39, 0.29) is 6.04 Å². The Morgan fingerprint density at radius 3 is 2.93 bits per heavy atom. The van der Waals surface area contributed by atoms with Crippen LogP contribution < -0.4 is 17.0 Å². The van der Waals surface area contributed by atoms with Gasteiger partial charge < -0.3 is 5.73 Å². The van der Waals surface area contributed by atoms with Gasteiger partial charge >= 0.3 is 0 Å². The number of aromatic amines is 1. The van der Waals surface area contributed by atoms with Crippen molar-refractivity contribution in [3.05, 3.63) is 11.8 Å². The highest BCUT2D eigenvalue weighted by Gasteiger charge is 2.23. The molecule has 0 radical (unpaired) electrons. The zero-order valence-electron chi connectivity index (χ0n) is 8.16. The van der Waals surface area contributed by atoms with E-state index < -0.39 is 0 Å². The lowest BCUT2D eigenvalue weighted by Crippen LogP contribution is -2.28. The second-order valence-electron chi connectivity index (χ2n) is 3.98. The molecule has 1 aliphatic rings. The van der Waals surface area contributed by atoms with Crippen molar-refractivity contribution >= 4 is 5.82 Å². The molecule has 2 rings (SSSR count). The summed E-state index contributed by atoms with van der Waals surface area (Å²) in [5, 5.41) is 6.61. The van der Waals surface area contributed by atoms with Gasteiger partial charge in [0.25, 0.3) is 0 Å². The number of hydrogen-bond donors (Lipinski definition) is 4. The normalized spacial score (nSPS) is 18.4. The summed E-state index contributed by atoms with van der Waals surface area (Å²) in [5.74, 6) is 7.02. The van der Waals surface area contributed by atoms with E-state index in [1.807, 2.05) is 0 Å². The molecule has 78 valence electrons. The molecule has 0 amide bonds. The molecule has 5 heteroatoms. The maximum Gasteiger partial charge on any atom is 0.123 e. The highest BCUT2D eigenvalue weighted by molar-refractivity contribution is 5.39. The van der Waals surface area contributed by atoms with Crippen molar-refractivity contribution in [2.45, 2.75) is 31.7 Å². The molecule has 5 nitrogen and oxygen atoms in total. The minimum Gasteiger partial charge on any atom is -0.384 e. The average molecular weight is 195 g/mol. The summed E-state index contributed by atoms with van der Waals surface area (Å²) in [4.78, 5) is 0. The van der Waals surface area contributed by atoms with Gasteiger partial charge in [-0.1, -0.05) is 12.8 Å². The lowest BCUT2D eigenvalue weighted by molar-refractivity contribution is 0.483. The largest absolute Gasteiger partial charge is 0.384 e. The van der Waals surface area contributed by atoms with E-state index in [0.717, 1.165) is 17.9 Å². The number of nitrogens with zero attached hydrogens (tertiary/aromatic N) is 1. The summed E-state index contributed by atoms with van der Waals surface area (Å²) < 4.78 is 0. The Hall–Kier alpha value is -1.07. The van der Waals surface area contributed by atoms with E-state index in [0.29, 0.717) is 5.82 Å². The van der Waals surface area contributed by atoms with E-state index >= 15 is 0 Å². The predicted octanol–water partition coefficient (Wildman–Crippen LogP) is 0.686. The van der Waals surface area contributed by atoms with Crippen LogP contribution in [-0.4, -0.2) is 10.2 Å². The number of rotatable bonds is 5. The maximum atomic E-state index is 5.73. The van der Waals surface area contributed by atoms with Crippen LogP contribution in [-0.2, 0) is 0 Å². The number of hydrogen-bond acceptors (Lipinski definition) is 4. The number of H-pyrrole nitrogens is 1. The lowest BCUT2D eigenvalue weighted by atomic mass is 10.0. The van der Waals surface area contributed by atoms with Crippen LogP contribution in [0, 0.1) is 5.92 Å². The molecule has 1 atom stereocenters. The summed E-state index contributed by atoms with van der Waals surface area (Å²) >= 11 is 0. The highest BCUT2D eigenvalue weighted by atomic mass is 15.2. The fraction of sp³-hybridized carbons (Fsp3) is 0.667. The third-order valence-corrected chi connectivity index (χ3v) is 2.84. The van der Waals surface area contributed by atoms with Gasteiger partial charge in [-0.05, 0) is 18.8 Å². The van der Waals surface area contributed by atoms with E-state index in [1.165, 1.54) is 19.3 Å². The molecule has 0 saturated heterocycles. The molecular formula is C9H17N5. The van der Waals surface area contributed by atoms with Crippen LogP contribution in [0.5, 0.6) is 0 Å². The van der Waals surface area contributed by atoms with Crippen molar-refractivity contribution in [1.82, 2.24) is 15.6 Å². The molecule has 1 fully saturated rings. The van der Waals surface area contributed by atoms with E-state index in [9.17, 15) is 0 Å². The third-order valence-electron chi connectivity index (χ3n) is 2.84. The Bertz CT molecular complexity index is 291. The summed E-state index contributed by atoms with van der Waals surface area (Å²) in [6.45, 7) is 0. The number of aromatic nitrogens is 2. The van der Waals surface area contributed by atoms with Crippen LogP contribution in [0.2, 0.25) is 0 Å². The van der Waals surface area contributed by atoms with Gasteiger partial charge in [0, 0.05) is 5.56 Å². The molecule has 0 bridgehead atoms. The summed E-state index contributed by atoms with van der Waals surface area (Å²) in [6, 6.07) is 0.134. The van der Waals surface area contributed by atoms with Gasteiger partial charge in [0.15, 0.2) is 0 Å². The van der Waals surface area contributed by atoms with Crippen LogP contribution in [0.1, 0.15) is 37.3 Å². The second-order valence-corrected chi connectivity index (χ2v) is 3.98. The highest BCUT2D eigenvalue weighted by Crippen LogP contribution is 2.36. The van der Waals surface area contributed by atoms with Crippen LogP contribution in [0.3, 0.4) is 0 Å². The molecule has 1 unspecified atom stereocenters. The second kappa shape index (κ2) is 3.98. The van der Waals surface area contributed by atoms with Crippen LogP contribution in [0.15, 0.2) is 6.20 Å². The third kappa shape index (κ3) is 2.05. The van der Waals surface area contributed by atoms with E-state index in [1.54, 1.807) is 6.20 Å². The summed E-state index contributed by atoms with van der Waals surface area (Å²) in [5.41, 5.74) is 9.49. The number of nitrogens with two attached hydrogens (primary N) is 2. The Kier molecular flexibility index (Phi) is 2.69. The number of nitrogen functional groups attached to an aromatic ring is 1. The maximum absolute atomic E-state index is 5.73. The van der Waals surface area contributed by atoms with Gasteiger partial charge in [-0.15, -0.1) is 0 Å². The van der Waals surface area contributed by atoms with Gasteiger partial charge in [0.2, 0.25) is 0 Å². The number of hydrazine groups is 1. The Morgan fingerprint density at radius 2 is 2.43 bits per heavy atom. The van der Waals surface area contributed by atoms with Crippen molar-refractivity contribution < 1.29 is 0 Å². The standard InChI is InChI=1S/C9H17N5/c10-9-7(5-12-14-9)8(13-11)4-3-6-1-2-6/h5-6,8,13H,1-4,11H2,(H3,10,12,14). The van der Waals surface area contributed by atoms with Gasteiger partial charge in [0.05, 0.1) is 12.2 Å². The molecule has 1 aromatic heterocycles. The van der Waals surface area contributed by atoms with Crippen molar-refractivity contribution in [2.24, 2.45) is 11.8 Å². The van der Waals surface area contributed by atoms with Crippen molar-refractivity contribution in [2.75, 3.05) is 5.73 Å². The molecular weight excluding hydrogens is 178 g/mol. The first-order valence-corrected chi connectivity index (χ1v) is 5.06. The van der Waals surface area contributed by atoms with Gasteiger partial charge in [-0.3, -0.25) is 16.4 Å². The topological polar surface area (TPSA) is 92.7 Å². The first-order chi connectivity index (χ1) is 6.81. The van der Waals surface area contributed by atoms with Crippen LogP contribution in [0.25, 0.3) is 0 Å². The zero-order valence-corrected chi connectivity index (χ0v) is 8.16. The number of anilines is 1. The van der Waals surface area contributed by atoms with Crippen molar-refractivity contribution in [3.63, 3.8) is 0 Å². The minimum atomic E-state index is 0.134. The van der Waals surface area contributed by atoms with Gasteiger partial charge in [-0.25, -0.2) is 0 Å². The average Bonchev–Trinajstić information content (AvgIpc) is 2.92. The first-order valence-electron chi connectivity index (χ1n) is 5.06. The lowest BCUT2D eigenvalue weighted by Gasteiger charge is -2.14. The molecule has 1 saturated carbocycles. The zero-order chi connectivity index (χ0) is 9.97. The molecule has 1 heterocycles. The van der Waals surface area contributed by atoms with Crippen LogP contribution in [0.4, 0.5) is 5.82 Å². The van der Waals surface area contributed by atoms with Crippen LogP contribution >= 0.6 is 0 Å². The minimum absolute atomic E-state index is 0.134. The summed E-state index contributed by atoms with van der Waals surface area (Å²) in [6.07, 6.45) is 6.74. The SMILES string of the molecule is NNC(CCC1CC1)c1cn[nH]c1N. The quantitative estimate of drug-likeness (QED) is 0.411. The molecule has 1 aromatic rings. The van der Waals surface area contributed by atoms with Crippen molar-refractivity contribution in [1.29, 1.82) is 0 Å². The molecule has 14 heavy (non-hydrogen) atoms. The van der Waals surface area contributed by atoms with Gasteiger partial charge in [-0.2, -0.15) is 5.10 Å². The summed E-state index contributed by atoms with van der Waals surface area (Å²) in [7, 11) is 0. The molecule has 0 aliphatic heterocycles. The molecule has 0 aromatic carbocycles. The monoisotopic (exact) mass is 195 g/mol. The molecule has 0 spiro atoms. The van der Waals surface area contributed by atoms with E-state index in [2.05, 4.69) is 15.6 Å². The van der Waals surface area contributed by atoms with E-state index in [4.69, 9.17) is 11.6 Å². The number of nitrogens with one attached hydrogen (secondary N) is 2. The van der Waals surface area contributed by atoms with Crippen molar-refractivity contribution in [3.8, 4) is 0 Å². The Balaban J connectivity index is 1.93. The fourth-order valence-corrected chi connectivity index (χ4v) is 1.72. The van der Waals surface area contributed by atoms with Gasteiger partial charge in [0.1, 0.15) is 5.82 Å². The fourth-order valence-electron chi connectivity index (χ4n) is 1.72. The first kappa shape index (κ1) is 9.48. The predicted molar refractivity (Wildman–Crippen MR) is 55.0 cm³/mol. The molecule has 1 aliphatic carbocycles. The molecule has 6 N–H and O–H groups in total. The Labute approximate surface area is 83.2 Å². The smallest absolute Gasteiger partial charge is 0.123 e.